The molecule has 3 N–H and O–H groups in total. The van der Waals surface area contributed by atoms with Crippen LogP contribution in [0.5, 0.6) is 5.88 Å². The summed E-state index contributed by atoms with van der Waals surface area (Å²) in [5.41, 5.74) is 7.02. The topological polar surface area (TPSA) is 141 Å². The molecule has 12 nitrogen and oxygen atoms in total. The molecule has 2 saturated heterocycles. The highest BCUT2D eigenvalue weighted by atomic mass is 16.5. The van der Waals surface area contributed by atoms with Crippen LogP contribution in [0.3, 0.4) is 0 Å². The number of carbonyl (C=O) groups is 1. The summed E-state index contributed by atoms with van der Waals surface area (Å²) < 4.78 is 16.8. The SMILES string of the molecule is CN(C(=O)NC1COC1)[C@H]1C[C@H](Oc2cc(-c3cnc(N)nc3)nc(N3CCOCC3)n2)C1. The molecule has 2 amide bonds. The zero-order valence-electron chi connectivity index (χ0n) is 18.5. The third-order valence-corrected chi connectivity index (χ3v) is 6.14. The van der Waals surface area contributed by atoms with E-state index in [2.05, 4.69) is 25.2 Å². The van der Waals surface area contributed by atoms with Crippen molar-refractivity contribution in [3.63, 3.8) is 0 Å². The first-order valence-corrected chi connectivity index (χ1v) is 11.1. The molecule has 0 bridgehead atoms. The Morgan fingerprint density at radius 2 is 1.91 bits per heavy atom. The summed E-state index contributed by atoms with van der Waals surface area (Å²) in [5.74, 6) is 1.27. The Morgan fingerprint density at radius 3 is 2.58 bits per heavy atom. The average molecular weight is 457 g/mol. The molecular formula is C21H28N8O4. The highest BCUT2D eigenvalue weighted by Crippen LogP contribution is 2.31. The molecule has 4 heterocycles. The predicted octanol–water partition coefficient (Wildman–Crippen LogP) is 0.302. The summed E-state index contributed by atoms with van der Waals surface area (Å²) in [7, 11) is 1.82. The molecule has 0 spiro atoms. The minimum Gasteiger partial charge on any atom is -0.474 e. The van der Waals surface area contributed by atoms with Gasteiger partial charge in [0.05, 0.1) is 38.2 Å². The molecule has 0 aromatic carbocycles. The van der Waals surface area contributed by atoms with Crippen LogP contribution in [0.25, 0.3) is 11.3 Å². The Bertz CT molecular complexity index is 975. The van der Waals surface area contributed by atoms with Crippen molar-refractivity contribution in [2.75, 3.05) is 57.2 Å². The second-order valence-corrected chi connectivity index (χ2v) is 8.48. The monoisotopic (exact) mass is 456 g/mol. The van der Waals surface area contributed by atoms with Gasteiger partial charge in [0.15, 0.2) is 0 Å². The van der Waals surface area contributed by atoms with Crippen LogP contribution in [0.2, 0.25) is 0 Å². The van der Waals surface area contributed by atoms with Gasteiger partial charge in [-0.15, -0.1) is 0 Å². The number of ether oxygens (including phenoxy) is 3. The molecule has 1 saturated carbocycles. The summed E-state index contributed by atoms with van der Waals surface area (Å²) in [6, 6.07) is 1.96. The lowest BCUT2D eigenvalue weighted by Gasteiger charge is -2.41. The summed E-state index contributed by atoms with van der Waals surface area (Å²) >= 11 is 0. The highest BCUT2D eigenvalue weighted by molar-refractivity contribution is 5.74. The van der Waals surface area contributed by atoms with Gasteiger partial charge in [0.25, 0.3) is 0 Å². The quantitative estimate of drug-likeness (QED) is 0.623. The van der Waals surface area contributed by atoms with Gasteiger partial charge in [-0.05, 0) is 0 Å². The third kappa shape index (κ3) is 4.91. The van der Waals surface area contributed by atoms with Crippen LogP contribution in [0.1, 0.15) is 12.8 Å². The number of anilines is 2. The van der Waals surface area contributed by atoms with Gasteiger partial charge in [-0.25, -0.2) is 19.7 Å². The summed E-state index contributed by atoms with van der Waals surface area (Å²) in [4.78, 5) is 33.7. The van der Waals surface area contributed by atoms with E-state index in [9.17, 15) is 4.79 Å². The number of urea groups is 1. The second-order valence-electron chi connectivity index (χ2n) is 8.48. The number of nitrogen functional groups attached to an aromatic ring is 1. The predicted molar refractivity (Wildman–Crippen MR) is 119 cm³/mol. The van der Waals surface area contributed by atoms with Crippen molar-refractivity contribution < 1.29 is 19.0 Å². The summed E-state index contributed by atoms with van der Waals surface area (Å²) in [6.45, 7) is 3.82. The van der Waals surface area contributed by atoms with E-state index in [4.69, 9.17) is 24.9 Å². The van der Waals surface area contributed by atoms with Crippen molar-refractivity contribution >= 4 is 17.9 Å². The molecule has 33 heavy (non-hydrogen) atoms. The summed E-state index contributed by atoms with van der Waals surface area (Å²) in [6.07, 6.45) is 4.72. The molecule has 176 valence electrons. The Morgan fingerprint density at radius 1 is 1.18 bits per heavy atom. The molecule has 12 heteroatoms. The minimum atomic E-state index is -0.0750. The van der Waals surface area contributed by atoms with Crippen LogP contribution in [-0.2, 0) is 9.47 Å². The first-order valence-electron chi connectivity index (χ1n) is 11.1. The fourth-order valence-corrected chi connectivity index (χ4v) is 3.88. The number of nitrogens with zero attached hydrogens (tertiary/aromatic N) is 6. The van der Waals surface area contributed by atoms with Crippen molar-refractivity contribution in [3.05, 3.63) is 18.5 Å². The lowest BCUT2D eigenvalue weighted by atomic mass is 9.88. The van der Waals surface area contributed by atoms with Crippen molar-refractivity contribution in [1.29, 1.82) is 0 Å². The van der Waals surface area contributed by atoms with Crippen molar-refractivity contribution in [2.24, 2.45) is 0 Å². The number of rotatable bonds is 6. The van der Waals surface area contributed by atoms with E-state index in [0.717, 1.165) is 18.4 Å². The number of aromatic nitrogens is 4. The molecule has 2 aromatic heterocycles. The third-order valence-electron chi connectivity index (χ3n) is 6.14. The molecule has 3 aliphatic rings. The van der Waals surface area contributed by atoms with Gasteiger partial charge in [0.1, 0.15) is 6.10 Å². The van der Waals surface area contributed by atoms with Gasteiger partial charge >= 0.3 is 6.03 Å². The highest BCUT2D eigenvalue weighted by Gasteiger charge is 2.37. The van der Waals surface area contributed by atoms with E-state index >= 15 is 0 Å². The first-order chi connectivity index (χ1) is 16.0. The van der Waals surface area contributed by atoms with Crippen molar-refractivity contribution in [3.8, 4) is 17.1 Å². The average Bonchev–Trinajstić information content (AvgIpc) is 2.78. The number of hydrogen-bond donors (Lipinski definition) is 2. The Hall–Kier alpha value is -3.25. The zero-order chi connectivity index (χ0) is 22.8. The lowest BCUT2D eigenvalue weighted by molar-refractivity contribution is -0.00603. The first kappa shape index (κ1) is 21.6. The van der Waals surface area contributed by atoms with Crippen LogP contribution in [0.4, 0.5) is 16.7 Å². The maximum absolute atomic E-state index is 12.4. The van der Waals surface area contributed by atoms with Crippen LogP contribution >= 0.6 is 0 Å². The summed E-state index contributed by atoms with van der Waals surface area (Å²) in [5, 5.41) is 2.97. The van der Waals surface area contributed by atoms with E-state index in [1.807, 2.05) is 7.05 Å². The Labute approximate surface area is 191 Å². The largest absolute Gasteiger partial charge is 0.474 e. The molecular weight excluding hydrogens is 428 g/mol. The van der Waals surface area contributed by atoms with Gasteiger partial charge < -0.3 is 35.1 Å². The molecule has 5 rings (SSSR count). The number of morpholine rings is 1. The molecule has 2 aromatic rings. The standard InChI is InChI=1S/C21H28N8O4/c1-28(21(30)25-14-11-32-12-14)15-6-16(7-15)33-18-8-17(13-9-23-19(22)24-10-13)26-20(27-18)29-2-4-31-5-3-29/h8-10,14-16H,2-7,11-12H2,1H3,(H,25,30)(H2,22,23,24)/t15-,16-. The molecule has 2 aliphatic heterocycles. The minimum absolute atomic E-state index is 0.0276. The van der Waals surface area contributed by atoms with Crippen LogP contribution in [0, 0.1) is 0 Å². The maximum atomic E-state index is 12.4. The molecule has 0 unspecified atom stereocenters. The molecule has 3 fully saturated rings. The van der Waals surface area contributed by atoms with E-state index in [-0.39, 0.29) is 30.2 Å². The number of hydrogen-bond acceptors (Lipinski definition) is 10. The van der Waals surface area contributed by atoms with Crippen molar-refractivity contribution in [1.82, 2.24) is 30.2 Å². The van der Waals surface area contributed by atoms with E-state index in [1.54, 1.807) is 23.4 Å². The fraction of sp³-hybridized carbons (Fsp3) is 0.571. The number of nitrogens with two attached hydrogens (primary N) is 1. The van der Waals surface area contributed by atoms with Gasteiger partial charge in [0, 0.05) is 63.0 Å². The molecule has 0 atom stereocenters. The zero-order valence-corrected chi connectivity index (χ0v) is 18.5. The normalized spacial score (nSPS) is 22.8. The Kier molecular flexibility index (Phi) is 6.09. The van der Waals surface area contributed by atoms with Gasteiger partial charge in [-0.1, -0.05) is 0 Å². The van der Waals surface area contributed by atoms with Crippen LogP contribution < -0.4 is 20.7 Å². The van der Waals surface area contributed by atoms with Gasteiger partial charge in [-0.2, -0.15) is 4.98 Å². The van der Waals surface area contributed by atoms with Crippen LogP contribution in [0.15, 0.2) is 18.5 Å². The maximum Gasteiger partial charge on any atom is 0.317 e. The van der Waals surface area contributed by atoms with Gasteiger partial charge in [0.2, 0.25) is 17.8 Å². The second kappa shape index (κ2) is 9.32. The smallest absolute Gasteiger partial charge is 0.317 e. The number of nitrogens with one attached hydrogen (secondary N) is 1. The molecule has 0 radical (unpaired) electrons. The number of carbonyl (C=O) groups excluding carboxylic acids is 1. The fourth-order valence-electron chi connectivity index (χ4n) is 3.88. The molecule has 1 aliphatic carbocycles. The van der Waals surface area contributed by atoms with E-state index in [0.29, 0.717) is 57.0 Å². The Balaban J connectivity index is 1.26. The van der Waals surface area contributed by atoms with Gasteiger partial charge in [-0.3, -0.25) is 0 Å². The van der Waals surface area contributed by atoms with E-state index < -0.39 is 0 Å². The van der Waals surface area contributed by atoms with Crippen LogP contribution in [-0.4, -0.2) is 95.6 Å². The van der Waals surface area contributed by atoms with Crippen molar-refractivity contribution in [2.45, 2.75) is 31.0 Å². The number of amides is 2. The van der Waals surface area contributed by atoms with E-state index in [1.165, 1.54) is 0 Å². The lowest BCUT2D eigenvalue weighted by Crippen LogP contribution is -2.57.